The van der Waals surface area contributed by atoms with E-state index in [4.69, 9.17) is 5.73 Å². The molecule has 0 aliphatic carbocycles. The van der Waals surface area contributed by atoms with Crippen LogP contribution in [0.15, 0.2) is 18.2 Å². The molecule has 1 rings (SSSR count). The molecule has 0 saturated carbocycles. The molecular weight excluding hydrogens is 150 g/mol. The highest BCUT2D eigenvalue weighted by atomic mass is 16.3. The standard InChI is InChI=1S/C10H15NO/c1-2-3-9-5-4-8(7-11)6-10(9)12/h4-6,12H,2-3,7,11H2,1H3. The molecule has 0 fully saturated rings. The van der Waals surface area contributed by atoms with Crippen LogP contribution in [-0.2, 0) is 13.0 Å². The van der Waals surface area contributed by atoms with Gasteiger partial charge >= 0.3 is 0 Å². The molecule has 1 aromatic carbocycles. The Hall–Kier alpha value is -1.02. The minimum absolute atomic E-state index is 0.375. The first-order chi connectivity index (χ1) is 5.77. The Morgan fingerprint density at radius 2 is 2.17 bits per heavy atom. The van der Waals surface area contributed by atoms with E-state index >= 15 is 0 Å². The molecule has 0 saturated heterocycles. The number of benzene rings is 1. The molecule has 0 bridgehead atoms. The van der Waals surface area contributed by atoms with E-state index in [2.05, 4.69) is 6.92 Å². The summed E-state index contributed by atoms with van der Waals surface area (Å²) in [6, 6.07) is 5.65. The summed E-state index contributed by atoms with van der Waals surface area (Å²) in [5.41, 5.74) is 7.42. The highest BCUT2D eigenvalue weighted by Crippen LogP contribution is 2.19. The van der Waals surface area contributed by atoms with Gasteiger partial charge in [0, 0.05) is 6.54 Å². The van der Waals surface area contributed by atoms with Gasteiger partial charge in [0.2, 0.25) is 0 Å². The number of hydrogen-bond donors (Lipinski definition) is 2. The minimum Gasteiger partial charge on any atom is -0.508 e. The Morgan fingerprint density at radius 1 is 1.42 bits per heavy atom. The number of phenolic OH excluding ortho intramolecular Hbond substituents is 1. The maximum absolute atomic E-state index is 9.50. The molecule has 12 heavy (non-hydrogen) atoms. The maximum atomic E-state index is 9.50. The van der Waals surface area contributed by atoms with Gasteiger partial charge in [-0.05, 0) is 23.6 Å². The molecule has 0 aromatic heterocycles. The first-order valence-corrected chi connectivity index (χ1v) is 4.28. The van der Waals surface area contributed by atoms with Crippen molar-refractivity contribution in [3.63, 3.8) is 0 Å². The third-order valence-electron chi connectivity index (χ3n) is 1.90. The summed E-state index contributed by atoms with van der Waals surface area (Å²) in [7, 11) is 0. The molecule has 0 radical (unpaired) electrons. The third-order valence-corrected chi connectivity index (χ3v) is 1.90. The van der Waals surface area contributed by atoms with E-state index in [1.54, 1.807) is 6.07 Å². The van der Waals surface area contributed by atoms with E-state index in [9.17, 15) is 5.11 Å². The SMILES string of the molecule is CCCc1ccc(CN)cc1O. The molecule has 3 N–H and O–H groups in total. The lowest BCUT2D eigenvalue weighted by Crippen LogP contribution is -1.96. The van der Waals surface area contributed by atoms with E-state index in [1.807, 2.05) is 12.1 Å². The van der Waals surface area contributed by atoms with E-state index in [0.29, 0.717) is 12.3 Å². The zero-order valence-electron chi connectivity index (χ0n) is 7.38. The molecule has 2 nitrogen and oxygen atoms in total. The van der Waals surface area contributed by atoms with Crippen molar-refractivity contribution >= 4 is 0 Å². The Morgan fingerprint density at radius 3 is 2.67 bits per heavy atom. The lowest BCUT2D eigenvalue weighted by Gasteiger charge is -2.04. The van der Waals surface area contributed by atoms with E-state index in [-0.39, 0.29) is 0 Å². The average Bonchev–Trinajstić information content (AvgIpc) is 2.09. The Balaban J connectivity index is 2.87. The van der Waals surface area contributed by atoms with Crippen molar-refractivity contribution in [2.24, 2.45) is 5.73 Å². The number of nitrogens with two attached hydrogens (primary N) is 1. The summed E-state index contributed by atoms with van der Waals surface area (Å²) < 4.78 is 0. The summed E-state index contributed by atoms with van der Waals surface area (Å²) in [6.07, 6.45) is 1.98. The lowest BCUT2D eigenvalue weighted by atomic mass is 10.1. The Labute approximate surface area is 73.0 Å². The second-order valence-electron chi connectivity index (χ2n) is 2.92. The maximum Gasteiger partial charge on any atom is 0.119 e. The van der Waals surface area contributed by atoms with Crippen LogP contribution in [0.2, 0.25) is 0 Å². The summed E-state index contributed by atoms with van der Waals surface area (Å²) in [6.45, 7) is 2.58. The van der Waals surface area contributed by atoms with Crippen molar-refractivity contribution in [3.8, 4) is 5.75 Å². The van der Waals surface area contributed by atoms with Crippen LogP contribution in [0.25, 0.3) is 0 Å². The summed E-state index contributed by atoms with van der Waals surface area (Å²) in [5.74, 6) is 0.375. The molecule has 0 amide bonds. The van der Waals surface area contributed by atoms with E-state index in [1.165, 1.54) is 0 Å². The highest BCUT2D eigenvalue weighted by molar-refractivity contribution is 5.36. The van der Waals surface area contributed by atoms with Crippen LogP contribution < -0.4 is 5.73 Å². The fraction of sp³-hybridized carbons (Fsp3) is 0.400. The number of rotatable bonds is 3. The largest absolute Gasteiger partial charge is 0.508 e. The Bertz CT molecular complexity index is 258. The first-order valence-electron chi connectivity index (χ1n) is 4.28. The molecule has 0 unspecified atom stereocenters. The number of phenols is 1. The highest BCUT2D eigenvalue weighted by Gasteiger charge is 1.99. The molecule has 66 valence electrons. The fourth-order valence-corrected chi connectivity index (χ4v) is 1.22. The van der Waals surface area contributed by atoms with Gasteiger partial charge in [-0.2, -0.15) is 0 Å². The zero-order valence-corrected chi connectivity index (χ0v) is 7.38. The molecule has 0 heterocycles. The average molecular weight is 165 g/mol. The number of aryl methyl sites for hydroxylation is 1. The number of aromatic hydroxyl groups is 1. The van der Waals surface area contributed by atoms with Gasteiger partial charge in [-0.15, -0.1) is 0 Å². The quantitative estimate of drug-likeness (QED) is 0.717. The van der Waals surface area contributed by atoms with Crippen LogP contribution in [0, 0.1) is 0 Å². The van der Waals surface area contributed by atoms with Crippen LogP contribution in [-0.4, -0.2) is 5.11 Å². The molecular formula is C10H15NO. The second-order valence-corrected chi connectivity index (χ2v) is 2.92. The van der Waals surface area contributed by atoms with Gasteiger partial charge in [0.1, 0.15) is 5.75 Å². The van der Waals surface area contributed by atoms with E-state index < -0.39 is 0 Å². The smallest absolute Gasteiger partial charge is 0.119 e. The van der Waals surface area contributed by atoms with Gasteiger partial charge in [0.15, 0.2) is 0 Å². The Kier molecular flexibility index (Phi) is 3.11. The minimum atomic E-state index is 0.375. The monoisotopic (exact) mass is 165 g/mol. The van der Waals surface area contributed by atoms with Gasteiger partial charge in [-0.1, -0.05) is 25.5 Å². The van der Waals surface area contributed by atoms with Gasteiger partial charge in [-0.3, -0.25) is 0 Å². The molecule has 0 aliphatic heterocycles. The van der Waals surface area contributed by atoms with Crippen molar-refractivity contribution in [3.05, 3.63) is 29.3 Å². The summed E-state index contributed by atoms with van der Waals surface area (Å²) >= 11 is 0. The van der Waals surface area contributed by atoms with Crippen LogP contribution in [0.1, 0.15) is 24.5 Å². The predicted octanol–water partition coefficient (Wildman–Crippen LogP) is 1.80. The van der Waals surface area contributed by atoms with Crippen molar-refractivity contribution in [1.82, 2.24) is 0 Å². The molecule has 1 aromatic rings. The first kappa shape index (κ1) is 9.07. The summed E-state index contributed by atoms with van der Waals surface area (Å²) in [4.78, 5) is 0. The molecule has 2 heteroatoms. The van der Waals surface area contributed by atoms with Gasteiger partial charge in [-0.25, -0.2) is 0 Å². The van der Waals surface area contributed by atoms with E-state index in [0.717, 1.165) is 24.0 Å². The number of hydrogen-bond acceptors (Lipinski definition) is 2. The van der Waals surface area contributed by atoms with Gasteiger partial charge in [0.25, 0.3) is 0 Å². The lowest BCUT2D eigenvalue weighted by molar-refractivity contribution is 0.467. The molecule has 0 aliphatic rings. The van der Waals surface area contributed by atoms with Crippen molar-refractivity contribution < 1.29 is 5.11 Å². The summed E-state index contributed by atoms with van der Waals surface area (Å²) in [5, 5.41) is 9.50. The van der Waals surface area contributed by atoms with Crippen molar-refractivity contribution in [2.45, 2.75) is 26.3 Å². The molecule has 0 spiro atoms. The van der Waals surface area contributed by atoms with Gasteiger partial charge < -0.3 is 10.8 Å². The third kappa shape index (κ3) is 1.98. The predicted molar refractivity (Wildman–Crippen MR) is 50.0 cm³/mol. The fourth-order valence-electron chi connectivity index (χ4n) is 1.22. The van der Waals surface area contributed by atoms with Crippen LogP contribution >= 0.6 is 0 Å². The van der Waals surface area contributed by atoms with Gasteiger partial charge in [0.05, 0.1) is 0 Å². The van der Waals surface area contributed by atoms with Crippen molar-refractivity contribution in [1.29, 1.82) is 0 Å². The normalized spacial score (nSPS) is 10.2. The zero-order chi connectivity index (χ0) is 8.97. The van der Waals surface area contributed by atoms with Crippen LogP contribution in [0.5, 0.6) is 5.75 Å². The van der Waals surface area contributed by atoms with Crippen LogP contribution in [0.4, 0.5) is 0 Å². The second kappa shape index (κ2) is 4.12. The van der Waals surface area contributed by atoms with Crippen molar-refractivity contribution in [2.75, 3.05) is 0 Å². The topological polar surface area (TPSA) is 46.2 Å². The molecule has 0 atom stereocenters. The van der Waals surface area contributed by atoms with Crippen LogP contribution in [0.3, 0.4) is 0 Å².